The van der Waals surface area contributed by atoms with Gasteiger partial charge in [-0.15, -0.1) is 0 Å². The second-order valence-corrected chi connectivity index (χ2v) is 10.6. The number of methoxy groups -OCH3 is 4. The van der Waals surface area contributed by atoms with Gasteiger partial charge in [0.1, 0.15) is 30.5 Å². The van der Waals surface area contributed by atoms with E-state index in [0.29, 0.717) is 51.7 Å². The van der Waals surface area contributed by atoms with Gasteiger partial charge in [-0.2, -0.15) is 0 Å². The Bertz CT molecular complexity index is 1620. The van der Waals surface area contributed by atoms with E-state index in [4.69, 9.17) is 33.2 Å². The highest BCUT2D eigenvalue weighted by Gasteiger charge is 2.70. The van der Waals surface area contributed by atoms with Crippen molar-refractivity contribution >= 4 is 5.57 Å². The van der Waals surface area contributed by atoms with Crippen molar-refractivity contribution in [2.24, 2.45) is 0 Å². The molecule has 1 aliphatic rings. The van der Waals surface area contributed by atoms with Crippen LogP contribution in [0.15, 0.2) is 97.1 Å². The number of aliphatic hydroxyl groups excluding tert-OH is 2. The molecule has 4 aromatic rings. The van der Waals surface area contributed by atoms with Gasteiger partial charge in [0.25, 0.3) is 0 Å². The number of ether oxygens (including phenoxy) is 7. The second kappa shape index (κ2) is 14.9. The molecule has 0 bridgehead atoms. The van der Waals surface area contributed by atoms with Crippen LogP contribution in [0.2, 0.25) is 0 Å². The quantitative estimate of drug-likeness (QED) is 0.151. The molecular weight excluding hydrogens is 588 g/mol. The third kappa shape index (κ3) is 5.89. The van der Waals surface area contributed by atoms with E-state index in [1.165, 1.54) is 21.3 Å². The molecule has 0 amide bonds. The fourth-order valence-electron chi connectivity index (χ4n) is 6.21. The highest BCUT2D eigenvalue weighted by molar-refractivity contribution is 5.85. The predicted molar refractivity (Wildman–Crippen MR) is 172 cm³/mol. The zero-order valence-electron chi connectivity index (χ0n) is 26.5. The van der Waals surface area contributed by atoms with Crippen molar-refractivity contribution in [1.82, 2.24) is 0 Å². The lowest BCUT2D eigenvalue weighted by molar-refractivity contribution is -0.327. The monoisotopic (exact) mass is 628 g/mol. The standard InChI is InChI=1S/C37H40O9/c1-40-25-46-29-20-28(22-39)34(33(21-29)45-24-27-14-9-6-10-15-27)30(18-19-38)36(41-2)31-16-11-17-32(35(31)37(36,42-3)43-4)44-23-26-12-7-5-8-13-26/h5-18,20-21,38-39H,19,22-25H2,1-4H3. The van der Waals surface area contributed by atoms with E-state index in [0.717, 1.165) is 11.1 Å². The van der Waals surface area contributed by atoms with Crippen LogP contribution in [0.5, 0.6) is 17.2 Å². The maximum absolute atomic E-state index is 10.7. The van der Waals surface area contributed by atoms with Crippen LogP contribution in [0.25, 0.3) is 5.57 Å². The summed E-state index contributed by atoms with van der Waals surface area (Å²) in [5.41, 5.74) is 3.32. The summed E-state index contributed by atoms with van der Waals surface area (Å²) in [6.45, 7) is -0.167. The molecule has 9 heteroatoms. The molecule has 0 radical (unpaired) electrons. The summed E-state index contributed by atoms with van der Waals surface area (Å²) in [5.74, 6) is -0.126. The molecule has 0 fully saturated rings. The Labute approximate surface area is 269 Å². The van der Waals surface area contributed by atoms with E-state index < -0.39 is 11.4 Å². The second-order valence-electron chi connectivity index (χ2n) is 10.6. The highest BCUT2D eigenvalue weighted by atomic mass is 16.7. The molecule has 0 aliphatic heterocycles. The molecule has 5 rings (SSSR count). The highest BCUT2D eigenvalue weighted by Crippen LogP contribution is 2.66. The van der Waals surface area contributed by atoms with Crippen molar-refractivity contribution < 1.29 is 43.4 Å². The SMILES string of the molecule is COCOc1cc(CO)c(C(=CCO)C2(OC)c3cccc(OCc4ccccc4)c3C2(OC)OC)c(OCc2ccccc2)c1. The topological polar surface area (TPSA) is 105 Å². The van der Waals surface area contributed by atoms with Crippen molar-refractivity contribution in [3.05, 3.63) is 130 Å². The molecule has 0 saturated heterocycles. The molecule has 2 N–H and O–H groups in total. The Morgan fingerprint density at radius 1 is 0.696 bits per heavy atom. The lowest BCUT2D eigenvalue weighted by atomic mass is 9.61. The number of rotatable bonds is 16. The first-order valence-corrected chi connectivity index (χ1v) is 14.9. The molecule has 0 saturated carbocycles. The van der Waals surface area contributed by atoms with Crippen LogP contribution in [-0.4, -0.2) is 52.1 Å². The molecule has 46 heavy (non-hydrogen) atoms. The number of hydrogen-bond acceptors (Lipinski definition) is 9. The average molecular weight is 629 g/mol. The fourth-order valence-corrected chi connectivity index (χ4v) is 6.21. The minimum absolute atomic E-state index is 0.000715. The third-order valence-corrected chi connectivity index (χ3v) is 8.17. The van der Waals surface area contributed by atoms with E-state index in [-0.39, 0.29) is 26.6 Å². The third-order valence-electron chi connectivity index (χ3n) is 8.17. The summed E-state index contributed by atoms with van der Waals surface area (Å²) in [7, 11) is 6.15. The number of fused-ring (bicyclic) bond motifs is 1. The first-order valence-electron chi connectivity index (χ1n) is 14.9. The summed E-state index contributed by atoms with van der Waals surface area (Å²) in [6, 6.07) is 28.6. The summed E-state index contributed by atoms with van der Waals surface area (Å²) in [6.07, 6.45) is 1.62. The zero-order valence-corrected chi connectivity index (χ0v) is 26.5. The fraction of sp³-hybridized carbons (Fsp3) is 0.297. The van der Waals surface area contributed by atoms with E-state index >= 15 is 0 Å². The lowest BCUT2D eigenvalue weighted by Gasteiger charge is -2.58. The Morgan fingerprint density at radius 2 is 1.33 bits per heavy atom. The molecule has 1 unspecified atom stereocenters. The van der Waals surface area contributed by atoms with Crippen molar-refractivity contribution in [1.29, 1.82) is 0 Å². The van der Waals surface area contributed by atoms with Crippen LogP contribution in [-0.2, 0) is 50.2 Å². The average Bonchev–Trinajstić information content (AvgIpc) is 3.10. The van der Waals surface area contributed by atoms with Crippen LogP contribution in [0.3, 0.4) is 0 Å². The number of benzene rings is 4. The van der Waals surface area contributed by atoms with Gasteiger partial charge in [-0.1, -0.05) is 78.9 Å². The lowest BCUT2D eigenvalue weighted by Crippen LogP contribution is -2.62. The molecule has 0 spiro atoms. The van der Waals surface area contributed by atoms with Gasteiger partial charge >= 0.3 is 0 Å². The van der Waals surface area contributed by atoms with Crippen LogP contribution >= 0.6 is 0 Å². The summed E-state index contributed by atoms with van der Waals surface area (Å²) >= 11 is 0. The van der Waals surface area contributed by atoms with Gasteiger partial charge in [0.2, 0.25) is 5.79 Å². The normalized spacial score (nSPS) is 16.8. The summed E-state index contributed by atoms with van der Waals surface area (Å²) in [4.78, 5) is 0. The van der Waals surface area contributed by atoms with Crippen molar-refractivity contribution in [2.75, 3.05) is 41.8 Å². The van der Waals surface area contributed by atoms with Crippen molar-refractivity contribution in [2.45, 2.75) is 31.2 Å². The molecule has 242 valence electrons. The van der Waals surface area contributed by atoms with Crippen LogP contribution in [0.4, 0.5) is 0 Å². The maximum atomic E-state index is 10.7. The maximum Gasteiger partial charge on any atom is 0.237 e. The number of hydrogen-bond donors (Lipinski definition) is 2. The Morgan fingerprint density at radius 3 is 1.87 bits per heavy atom. The molecule has 1 atom stereocenters. The van der Waals surface area contributed by atoms with Gasteiger partial charge in [-0.25, -0.2) is 0 Å². The van der Waals surface area contributed by atoms with Gasteiger partial charge in [0.15, 0.2) is 12.4 Å². The predicted octanol–water partition coefficient (Wildman–Crippen LogP) is 5.70. The van der Waals surface area contributed by atoms with Gasteiger partial charge in [-0.3, -0.25) is 0 Å². The van der Waals surface area contributed by atoms with Gasteiger partial charge in [0, 0.05) is 51.2 Å². The van der Waals surface area contributed by atoms with E-state index in [2.05, 4.69) is 0 Å². The molecule has 4 aromatic carbocycles. The molecule has 0 aromatic heterocycles. The van der Waals surface area contributed by atoms with E-state index in [1.807, 2.05) is 78.9 Å². The van der Waals surface area contributed by atoms with Crippen LogP contribution in [0.1, 0.15) is 33.4 Å². The minimum Gasteiger partial charge on any atom is -0.488 e. The summed E-state index contributed by atoms with van der Waals surface area (Å²) < 4.78 is 42.5. The van der Waals surface area contributed by atoms with Crippen LogP contribution in [0, 0.1) is 0 Å². The first-order chi connectivity index (χ1) is 22.5. The minimum atomic E-state index is -1.51. The Balaban J connectivity index is 1.68. The van der Waals surface area contributed by atoms with Crippen LogP contribution < -0.4 is 14.2 Å². The zero-order chi connectivity index (χ0) is 32.6. The molecule has 0 heterocycles. The summed E-state index contributed by atoms with van der Waals surface area (Å²) in [5, 5.41) is 21.2. The first kappa shape index (κ1) is 33.2. The largest absolute Gasteiger partial charge is 0.488 e. The van der Waals surface area contributed by atoms with E-state index in [1.54, 1.807) is 25.3 Å². The molecule has 1 aliphatic carbocycles. The van der Waals surface area contributed by atoms with Gasteiger partial charge in [-0.05, 0) is 28.8 Å². The molecular formula is C37H40O9. The van der Waals surface area contributed by atoms with E-state index in [9.17, 15) is 10.2 Å². The van der Waals surface area contributed by atoms with Crippen molar-refractivity contribution in [3.63, 3.8) is 0 Å². The van der Waals surface area contributed by atoms with Gasteiger partial charge < -0.3 is 43.4 Å². The van der Waals surface area contributed by atoms with Crippen molar-refractivity contribution in [3.8, 4) is 17.2 Å². The smallest absolute Gasteiger partial charge is 0.237 e. The van der Waals surface area contributed by atoms with Gasteiger partial charge in [0.05, 0.1) is 18.8 Å². The number of aliphatic hydroxyl groups is 2. The Hall–Kier alpha value is -4.22. The Kier molecular flexibility index (Phi) is 10.7. The molecule has 9 nitrogen and oxygen atoms in total.